The van der Waals surface area contributed by atoms with Crippen molar-refractivity contribution in [2.24, 2.45) is 12.8 Å². The van der Waals surface area contributed by atoms with Crippen LogP contribution in [-0.4, -0.2) is 32.6 Å². The predicted octanol–water partition coefficient (Wildman–Crippen LogP) is 1.37. The number of aryl methyl sites for hydroxylation is 1. The van der Waals surface area contributed by atoms with Crippen LogP contribution in [0.3, 0.4) is 0 Å². The molecule has 1 unspecified atom stereocenters. The minimum atomic E-state index is -0.793. The molecule has 2 aromatic heterocycles. The van der Waals surface area contributed by atoms with Crippen molar-refractivity contribution in [3.63, 3.8) is 0 Å². The van der Waals surface area contributed by atoms with E-state index in [-0.39, 0.29) is 5.69 Å². The van der Waals surface area contributed by atoms with Gasteiger partial charge in [0.15, 0.2) is 0 Å². The summed E-state index contributed by atoms with van der Waals surface area (Å²) in [6, 6.07) is 8.59. The van der Waals surface area contributed by atoms with E-state index in [1.54, 1.807) is 16.3 Å². The highest BCUT2D eigenvalue weighted by Gasteiger charge is 2.21. The molecule has 0 aliphatic carbocycles. The second kappa shape index (κ2) is 7.27. The van der Waals surface area contributed by atoms with E-state index in [2.05, 4.69) is 15.4 Å². The van der Waals surface area contributed by atoms with E-state index in [4.69, 9.17) is 5.73 Å². The van der Waals surface area contributed by atoms with E-state index in [0.717, 1.165) is 11.1 Å². The minimum Gasteiger partial charge on any atom is -0.368 e. The van der Waals surface area contributed by atoms with E-state index >= 15 is 0 Å². The van der Waals surface area contributed by atoms with Crippen molar-refractivity contribution in [1.82, 2.24) is 20.1 Å². The van der Waals surface area contributed by atoms with Gasteiger partial charge in [0.2, 0.25) is 5.91 Å². The molecule has 8 heteroatoms. The fourth-order valence-corrected chi connectivity index (χ4v) is 3.12. The Morgan fingerprint density at radius 2 is 2.08 bits per heavy atom. The molecule has 25 heavy (non-hydrogen) atoms. The van der Waals surface area contributed by atoms with Gasteiger partial charge in [0.05, 0.1) is 6.20 Å². The Hall–Kier alpha value is -3.00. The summed E-state index contributed by atoms with van der Waals surface area (Å²) in [5.74, 6) is -1.01. The lowest BCUT2D eigenvalue weighted by atomic mass is 10.1. The van der Waals surface area contributed by atoms with Crippen LogP contribution in [0.5, 0.6) is 0 Å². The fourth-order valence-electron chi connectivity index (χ4n) is 2.35. The van der Waals surface area contributed by atoms with Gasteiger partial charge in [-0.15, -0.1) is 11.3 Å². The largest absolute Gasteiger partial charge is 0.368 e. The number of aromatic nitrogens is 3. The van der Waals surface area contributed by atoms with Gasteiger partial charge in [-0.1, -0.05) is 30.3 Å². The number of nitrogens with one attached hydrogen (secondary N) is 1. The molecule has 7 nitrogen and oxygen atoms in total. The second-order valence-electron chi connectivity index (χ2n) is 5.56. The van der Waals surface area contributed by atoms with Crippen LogP contribution < -0.4 is 11.1 Å². The lowest BCUT2D eigenvalue weighted by molar-refractivity contribution is -0.119. The minimum absolute atomic E-state index is 0.253. The van der Waals surface area contributed by atoms with Gasteiger partial charge in [-0.25, -0.2) is 4.98 Å². The predicted molar refractivity (Wildman–Crippen MR) is 94.9 cm³/mol. The molecule has 3 N–H and O–H groups in total. The number of rotatable bonds is 6. The Kier molecular flexibility index (Phi) is 4.90. The summed E-state index contributed by atoms with van der Waals surface area (Å²) in [7, 11) is 1.81. The number of hydrogen-bond acceptors (Lipinski definition) is 5. The zero-order chi connectivity index (χ0) is 17.8. The molecule has 0 fully saturated rings. The number of thiazole rings is 1. The number of benzene rings is 1. The number of carbonyl (C=O) groups is 2. The van der Waals surface area contributed by atoms with Crippen molar-refractivity contribution in [2.75, 3.05) is 0 Å². The molecule has 2 amide bonds. The van der Waals surface area contributed by atoms with Crippen LogP contribution in [0.15, 0.2) is 48.1 Å². The van der Waals surface area contributed by atoms with Crippen LogP contribution in [-0.2, 0) is 18.3 Å². The zero-order valence-corrected chi connectivity index (χ0v) is 14.4. The van der Waals surface area contributed by atoms with Gasteiger partial charge in [-0.3, -0.25) is 14.3 Å². The highest BCUT2D eigenvalue weighted by atomic mass is 32.1. The Morgan fingerprint density at radius 1 is 1.32 bits per heavy atom. The maximum atomic E-state index is 12.4. The fraction of sp³-hybridized carbons (Fsp3) is 0.176. The van der Waals surface area contributed by atoms with Crippen LogP contribution in [0, 0.1) is 0 Å². The highest BCUT2D eigenvalue weighted by Crippen LogP contribution is 2.22. The Morgan fingerprint density at radius 3 is 2.72 bits per heavy atom. The van der Waals surface area contributed by atoms with E-state index in [0.29, 0.717) is 11.4 Å². The Bertz CT molecular complexity index is 887. The third kappa shape index (κ3) is 4.10. The normalized spacial score (nSPS) is 11.9. The van der Waals surface area contributed by atoms with Crippen LogP contribution >= 0.6 is 11.3 Å². The highest BCUT2D eigenvalue weighted by molar-refractivity contribution is 7.13. The van der Waals surface area contributed by atoms with Crippen molar-refractivity contribution in [3.05, 3.63) is 59.4 Å². The molecule has 2 heterocycles. The first-order chi connectivity index (χ1) is 12.0. The van der Waals surface area contributed by atoms with Gasteiger partial charge < -0.3 is 11.1 Å². The van der Waals surface area contributed by atoms with E-state index in [9.17, 15) is 9.59 Å². The molecule has 0 saturated heterocycles. The van der Waals surface area contributed by atoms with Crippen LogP contribution in [0.25, 0.3) is 10.6 Å². The maximum Gasteiger partial charge on any atom is 0.271 e. The quantitative estimate of drug-likeness (QED) is 0.697. The third-order valence-corrected chi connectivity index (χ3v) is 4.51. The number of nitrogens with two attached hydrogens (primary N) is 1. The average molecular weight is 355 g/mol. The molecule has 0 saturated carbocycles. The molecule has 3 rings (SSSR count). The lowest BCUT2D eigenvalue weighted by Gasteiger charge is -2.14. The zero-order valence-electron chi connectivity index (χ0n) is 13.5. The van der Waals surface area contributed by atoms with E-state index < -0.39 is 17.9 Å². The summed E-state index contributed by atoms with van der Waals surface area (Å²) in [5.41, 5.74) is 7.43. The maximum absolute atomic E-state index is 12.4. The van der Waals surface area contributed by atoms with Crippen molar-refractivity contribution >= 4 is 23.2 Å². The molecular weight excluding hydrogens is 338 g/mol. The number of amides is 2. The van der Waals surface area contributed by atoms with Crippen molar-refractivity contribution in [1.29, 1.82) is 0 Å². The van der Waals surface area contributed by atoms with Crippen LogP contribution in [0.1, 0.15) is 16.1 Å². The summed E-state index contributed by atoms with van der Waals surface area (Å²) >= 11 is 1.34. The van der Waals surface area contributed by atoms with Crippen LogP contribution in [0.2, 0.25) is 0 Å². The Balaban J connectivity index is 1.71. The molecule has 0 radical (unpaired) electrons. The number of primary amides is 1. The topological polar surface area (TPSA) is 103 Å². The monoisotopic (exact) mass is 355 g/mol. The lowest BCUT2D eigenvalue weighted by Crippen LogP contribution is -2.45. The molecule has 0 spiro atoms. The Labute approximate surface area is 148 Å². The average Bonchev–Trinajstić information content (AvgIpc) is 3.24. The third-order valence-electron chi connectivity index (χ3n) is 3.62. The van der Waals surface area contributed by atoms with Gasteiger partial charge in [0.1, 0.15) is 16.7 Å². The van der Waals surface area contributed by atoms with Crippen molar-refractivity contribution in [3.8, 4) is 10.6 Å². The first-order valence-corrected chi connectivity index (χ1v) is 8.49. The molecule has 1 aromatic carbocycles. The number of carbonyl (C=O) groups excluding carboxylic acids is 2. The van der Waals surface area contributed by atoms with Crippen molar-refractivity contribution in [2.45, 2.75) is 12.5 Å². The van der Waals surface area contributed by atoms with E-state index in [1.165, 1.54) is 11.3 Å². The van der Waals surface area contributed by atoms with Gasteiger partial charge >= 0.3 is 0 Å². The van der Waals surface area contributed by atoms with Crippen molar-refractivity contribution < 1.29 is 9.59 Å². The first kappa shape index (κ1) is 16.8. The van der Waals surface area contributed by atoms with Gasteiger partial charge in [-0.05, 0) is 5.56 Å². The van der Waals surface area contributed by atoms with Crippen LogP contribution in [0.4, 0.5) is 0 Å². The standard InChI is InChI=1S/C17H17N5O2S/c1-22-9-12(8-19-22)17-21-14(10-25-17)16(24)20-13(15(18)23)7-11-5-3-2-4-6-11/h2-6,8-10,13H,7H2,1H3,(H2,18,23)(H,20,24). The summed E-state index contributed by atoms with van der Waals surface area (Å²) in [6.45, 7) is 0. The molecule has 128 valence electrons. The van der Waals surface area contributed by atoms with Gasteiger partial charge in [0, 0.05) is 30.6 Å². The summed E-state index contributed by atoms with van der Waals surface area (Å²) in [5, 5.41) is 9.09. The van der Waals surface area contributed by atoms with Gasteiger partial charge in [0.25, 0.3) is 5.91 Å². The molecule has 0 bridgehead atoms. The van der Waals surface area contributed by atoms with Gasteiger partial charge in [-0.2, -0.15) is 5.10 Å². The summed E-state index contributed by atoms with van der Waals surface area (Å²) in [4.78, 5) is 28.4. The second-order valence-corrected chi connectivity index (χ2v) is 6.42. The first-order valence-electron chi connectivity index (χ1n) is 7.61. The molecule has 0 aliphatic rings. The molecular formula is C17H17N5O2S. The molecule has 3 aromatic rings. The summed E-state index contributed by atoms with van der Waals surface area (Å²) in [6.07, 6.45) is 3.84. The molecule has 0 aliphatic heterocycles. The summed E-state index contributed by atoms with van der Waals surface area (Å²) < 4.78 is 1.67. The number of nitrogens with zero attached hydrogens (tertiary/aromatic N) is 3. The number of hydrogen-bond donors (Lipinski definition) is 2. The molecule has 1 atom stereocenters. The smallest absolute Gasteiger partial charge is 0.271 e. The SMILES string of the molecule is Cn1cc(-c2nc(C(=O)NC(Cc3ccccc3)C(N)=O)cs2)cn1. The van der Waals surface area contributed by atoms with E-state index in [1.807, 2.05) is 43.6 Å².